The minimum atomic E-state index is -4.52. The Morgan fingerprint density at radius 1 is 1.27 bits per heavy atom. The number of phenols is 1. The van der Waals surface area contributed by atoms with Gasteiger partial charge in [0.1, 0.15) is 11.5 Å². The third-order valence-corrected chi connectivity index (χ3v) is 5.27. The monoisotopic (exact) mass is 473 g/mol. The summed E-state index contributed by atoms with van der Waals surface area (Å²) in [5.41, 5.74) is 8.25. The number of phenolic OH excluding ortho intramolecular Hbond substituents is 1. The number of nitrogens with zero attached hydrogens (tertiary/aromatic N) is 2. The molecule has 0 aliphatic rings. The van der Waals surface area contributed by atoms with Crippen LogP contribution in [0.4, 0.5) is 11.4 Å². The van der Waals surface area contributed by atoms with E-state index in [1.807, 2.05) is 0 Å². The van der Waals surface area contributed by atoms with Crippen LogP contribution in [0.25, 0.3) is 16.3 Å². The maximum absolute atomic E-state index is 11.9. The Bertz CT molecular complexity index is 1070. The van der Waals surface area contributed by atoms with Gasteiger partial charge in [-0.2, -0.15) is 16.8 Å². The van der Waals surface area contributed by atoms with E-state index in [1.165, 1.54) is 0 Å². The van der Waals surface area contributed by atoms with Gasteiger partial charge in [0.05, 0.1) is 17.7 Å². The smallest absolute Gasteiger partial charge is 0.296 e. The standard InChI is InChI=1S/C12H11BN3O7S2.Y/c1-23-25(21,22)8-3-6-2-7(5-24(18,19)20)11(16-14)12(17)10(6)9(4-8)15-13;/h2-4,15,17H,5H2,1H3,(H,18,19,20);/q-1;. The van der Waals surface area contributed by atoms with Gasteiger partial charge >= 0.3 is 0 Å². The molecule has 10 nitrogen and oxygen atoms in total. The quantitative estimate of drug-likeness (QED) is 0.245. The van der Waals surface area contributed by atoms with E-state index in [2.05, 4.69) is 14.5 Å². The molecule has 0 bridgehead atoms. The molecular formula is C12H11BN3O7S2Y-. The first-order chi connectivity index (χ1) is 11.5. The first-order valence-corrected chi connectivity index (χ1v) is 9.46. The molecule has 0 atom stereocenters. The number of benzene rings is 2. The van der Waals surface area contributed by atoms with E-state index in [1.54, 1.807) is 0 Å². The Morgan fingerprint density at radius 2 is 1.88 bits per heavy atom. The summed E-state index contributed by atoms with van der Waals surface area (Å²) in [6.07, 6.45) is 0. The van der Waals surface area contributed by atoms with Gasteiger partial charge in [0, 0.05) is 43.8 Å². The number of hydrogen-bond donors (Lipinski definition) is 3. The molecular weight excluding hydrogens is 462 g/mol. The van der Waals surface area contributed by atoms with Crippen LogP contribution >= 0.6 is 0 Å². The second-order valence-corrected chi connectivity index (χ2v) is 8.06. The number of anilines is 1. The average molecular weight is 473 g/mol. The van der Waals surface area contributed by atoms with Crippen LogP contribution in [0, 0.1) is 0 Å². The minimum Gasteiger partial charge on any atom is -0.706 e. The van der Waals surface area contributed by atoms with E-state index in [0.717, 1.165) is 25.3 Å². The minimum absolute atomic E-state index is 0. The zero-order valence-electron chi connectivity index (χ0n) is 13.2. The fraction of sp³-hybridized carbons (Fsp3) is 0.167. The molecule has 2 aromatic carbocycles. The van der Waals surface area contributed by atoms with Crippen LogP contribution in [0.15, 0.2) is 28.2 Å². The SMILES string of the molecule is [B]Nc1cc(S(=O)(=O)OC)cc2cc(CS(=O)(=O)O)c(N=[N-])c(O)c12.[Y]. The summed E-state index contributed by atoms with van der Waals surface area (Å²) in [4.78, 5) is -0.318. The van der Waals surface area contributed by atoms with Crippen molar-refractivity contribution in [1.29, 1.82) is 0 Å². The van der Waals surface area contributed by atoms with Crippen molar-refractivity contribution < 1.29 is 63.4 Å². The van der Waals surface area contributed by atoms with Crippen LogP contribution in [-0.2, 0) is 62.9 Å². The summed E-state index contributed by atoms with van der Waals surface area (Å²) in [7, 11) is -2.34. The molecule has 0 heterocycles. The molecule has 3 N–H and O–H groups in total. The number of nitrogens with one attached hydrogen (secondary N) is 1. The third kappa shape index (κ3) is 4.59. The molecule has 3 radical (unpaired) electrons. The van der Waals surface area contributed by atoms with E-state index in [4.69, 9.17) is 18.1 Å². The zero-order chi connectivity index (χ0) is 19.0. The first-order valence-electron chi connectivity index (χ1n) is 6.44. The molecule has 135 valence electrons. The summed E-state index contributed by atoms with van der Waals surface area (Å²) in [5.74, 6) is -1.63. The van der Waals surface area contributed by atoms with Crippen LogP contribution in [0.5, 0.6) is 5.75 Å². The third-order valence-electron chi connectivity index (χ3n) is 3.34. The van der Waals surface area contributed by atoms with E-state index in [0.29, 0.717) is 0 Å². The second kappa shape index (κ2) is 8.28. The van der Waals surface area contributed by atoms with Crippen LogP contribution < -0.4 is 5.23 Å². The Kier molecular flexibility index (Phi) is 7.30. The van der Waals surface area contributed by atoms with Gasteiger partial charge in [-0.1, -0.05) is 0 Å². The Labute approximate surface area is 176 Å². The summed E-state index contributed by atoms with van der Waals surface area (Å²) in [6, 6.07) is 3.31. The maximum Gasteiger partial charge on any atom is 0.296 e. The Balaban J connectivity index is 0.00000338. The van der Waals surface area contributed by atoms with Crippen LogP contribution in [0.1, 0.15) is 5.56 Å². The van der Waals surface area contributed by atoms with Gasteiger partial charge in [0.25, 0.3) is 20.2 Å². The molecule has 0 aliphatic carbocycles. The summed E-state index contributed by atoms with van der Waals surface area (Å²) >= 11 is 0. The summed E-state index contributed by atoms with van der Waals surface area (Å²) in [6.45, 7) is 0. The second-order valence-electron chi connectivity index (χ2n) is 4.89. The molecule has 0 aliphatic heterocycles. The van der Waals surface area contributed by atoms with Gasteiger partial charge in [-0.3, -0.25) is 8.74 Å². The van der Waals surface area contributed by atoms with Crippen LogP contribution in [0.2, 0.25) is 0 Å². The van der Waals surface area contributed by atoms with Gasteiger partial charge < -0.3 is 21.0 Å². The molecule has 0 saturated carbocycles. The zero-order valence-corrected chi connectivity index (χ0v) is 17.7. The molecule has 0 saturated heterocycles. The van der Waals surface area contributed by atoms with Crippen molar-refractivity contribution in [2.45, 2.75) is 10.6 Å². The molecule has 26 heavy (non-hydrogen) atoms. The van der Waals surface area contributed by atoms with Crippen molar-refractivity contribution in [2.75, 3.05) is 12.3 Å². The van der Waals surface area contributed by atoms with E-state index in [-0.39, 0.29) is 59.6 Å². The summed E-state index contributed by atoms with van der Waals surface area (Å²) in [5, 5.41) is 15.3. The van der Waals surface area contributed by atoms with E-state index >= 15 is 0 Å². The van der Waals surface area contributed by atoms with Crippen molar-refractivity contribution in [3.63, 3.8) is 0 Å². The molecule has 0 fully saturated rings. The van der Waals surface area contributed by atoms with Gasteiger partial charge in [0.15, 0.2) is 0 Å². The maximum atomic E-state index is 11.9. The van der Waals surface area contributed by atoms with Gasteiger partial charge in [-0.15, -0.1) is 0 Å². The van der Waals surface area contributed by atoms with Crippen LogP contribution in [-0.4, -0.2) is 41.6 Å². The number of aromatic hydroxyl groups is 1. The predicted molar refractivity (Wildman–Crippen MR) is 89.9 cm³/mol. The normalized spacial score (nSPS) is 11.8. The van der Waals surface area contributed by atoms with E-state index < -0.39 is 37.4 Å². The largest absolute Gasteiger partial charge is 0.706 e. The molecule has 0 aromatic heterocycles. The Morgan fingerprint density at radius 3 is 2.35 bits per heavy atom. The average Bonchev–Trinajstić information content (AvgIpc) is 2.52. The molecule has 14 heteroatoms. The van der Waals surface area contributed by atoms with Gasteiger partial charge in [0.2, 0.25) is 7.98 Å². The van der Waals surface area contributed by atoms with Crippen molar-refractivity contribution in [1.82, 2.24) is 0 Å². The van der Waals surface area contributed by atoms with Crippen LogP contribution in [0.3, 0.4) is 0 Å². The van der Waals surface area contributed by atoms with Crippen molar-refractivity contribution >= 4 is 50.4 Å². The predicted octanol–water partition coefficient (Wildman–Crippen LogP) is 1.41. The molecule has 2 aromatic rings. The van der Waals surface area contributed by atoms with Crippen molar-refractivity contribution in [3.8, 4) is 5.75 Å². The first kappa shape index (κ1) is 22.9. The fourth-order valence-corrected chi connectivity index (χ4v) is 3.65. The van der Waals surface area contributed by atoms with Gasteiger partial charge in [-0.05, 0) is 29.1 Å². The van der Waals surface area contributed by atoms with Crippen molar-refractivity contribution in [3.05, 3.63) is 29.3 Å². The Hall–Kier alpha value is -1.11. The summed E-state index contributed by atoms with van der Waals surface area (Å²) < 4.78 is 59.4. The topological polar surface area (TPSA) is 165 Å². The van der Waals surface area contributed by atoms with E-state index in [9.17, 15) is 21.9 Å². The van der Waals surface area contributed by atoms with Crippen molar-refractivity contribution in [2.24, 2.45) is 5.11 Å². The molecule has 0 spiro atoms. The fourth-order valence-electron chi connectivity index (χ4n) is 2.31. The van der Waals surface area contributed by atoms with Gasteiger partial charge in [-0.25, -0.2) is 0 Å². The molecule has 0 unspecified atom stereocenters. The number of rotatable bonds is 6. The molecule has 0 amide bonds. The molecule has 2 rings (SSSR count). The number of hydrogen-bond acceptors (Lipinski definition) is 8. The number of fused-ring (bicyclic) bond motifs is 1.